The van der Waals surface area contributed by atoms with Gasteiger partial charge in [-0.3, -0.25) is 4.79 Å². The first-order valence-corrected chi connectivity index (χ1v) is 5.95. The lowest BCUT2D eigenvalue weighted by molar-refractivity contribution is 0.0752. The Hall–Kier alpha value is -0.900. The van der Waals surface area contributed by atoms with Gasteiger partial charge in [0.15, 0.2) is 0 Å². The lowest BCUT2D eigenvalue weighted by Crippen LogP contribution is -2.36. The molecular weight excluding hydrogens is 256 g/mol. The van der Waals surface area contributed by atoms with Crippen LogP contribution in [0, 0.1) is 6.92 Å². The molecule has 0 bridgehead atoms. The second kappa shape index (κ2) is 5.26. The van der Waals surface area contributed by atoms with Gasteiger partial charge in [-0.05, 0) is 26.0 Å². The molecule has 0 aliphatic carbocycles. The summed E-state index contributed by atoms with van der Waals surface area (Å²) < 4.78 is 0. The van der Waals surface area contributed by atoms with Crippen LogP contribution in [0.25, 0.3) is 0 Å². The molecule has 1 aromatic heterocycles. The molecule has 1 heterocycles. The standard InChI is InChI=1S/C11H15BrN2O/c1-8-5-4-6-10(13-8)11(15)14(3)9(2)7-12/h4-6,9H,7H2,1-3H3. The van der Waals surface area contributed by atoms with Crippen LogP contribution in [0.15, 0.2) is 18.2 Å². The van der Waals surface area contributed by atoms with Crippen molar-refractivity contribution in [3.05, 3.63) is 29.6 Å². The molecule has 0 aromatic carbocycles. The number of carbonyl (C=O) groups is 1. The van der Waals surface area contributed by atoms with Gasteiger partial charge in [0, 0.05) is 24.1 Å². The van der Waals surface area contributed by atoms with Crippen LogP contribution in [0.4, 0.5) is 0 Å². The van der Waals surface area contributed by atoms with E-state index in [9.17, 15) is 4.79 Å². The molecule has 0 saturated heterocycles. The Bertz CT molecular complexity index is 354. The topological polar surface area (TPSA) is 33.2 Å². The summed E-state index contributed by atoms with van der Waals surface area (Å²) in [6, 6.07) is 5.64. The zero-order chi connectivity index (χ0) is 11.4. The molecule has 1 unspecified atom stereocenters. The number of amides is 1. The Labute approximate surface area is 98.6 Å². The van der Waals surface area contributed by atoms with Crippen molar-refractivity contribution in [2.45, 2.75) is 19.9 Å². The number of carbonyl (C=O) groups excluding carboxylic acids is 1. The number of rotatable bonds is 3. The van der Waals surface area contributed by atoms with E-state index >= 15 is 0 Å². The lowest BCUT2D eigenvalue weighted by Gasteiger charge is -2.22. The van der Waals surface area contributed by atoms with Gasteiger partial charge >= 0.3 is 0 Å². The van der Waals surface area contributed by atoms with Crippen LogP contribution in [0.5, 0.6) is 0 Å². The van der Waals surface area contributed by atoms with Crippen LogP contribution in [0.2, 0.25) is 0 Å². The monoisotopic (exact) mass is 270 g/mol. The molecular formula is C11H15BrN2O. The van der Waals surface area contributed by atoms with Gasteiger partial charge < -0.3 is 4.90 Å². The number of aryl methyl sites for hydroxylation is 1. The molecule has 0 saturated carbocycles. The van der Waals surface area contributed by atoms with Gasteiger partial charge in [0.25, 0.3) is 5.91 Å². The Morgan fingerprint density at radius 2 is 2.27 bits per heavy atom. The number of hydrogen-bond acceptors (Lipinski definition) is 2. The van der Waals surface area contributed by atoms with Gasteiger partial charge in [-0.2, -0.15) is 0 Å². The summed E-state index contributed by atoms with van der Waals surface area (Å²) in [5.74, 6) is -0.0364. The fourth-order valence-electron chi connectivity index (χ4n) is 1.15. The minimum atomic E-state index is -0.0364. The summed E-state index contributed by atoms with van der Waals surface area (Å²) in [5.41, 5.74) is 1.37. The highest BCUT2D eigenvalue weighted by molar-refractivity contribution is 9.09. The van der Waals surface area contributed by atoms with E-state index in [-0.39, 0.29) is 11.9 Å². The van der Waals surface area contributed by atoms with Gasteiger partial charge in [0.1, 0.15) is 5.69 Å². The summed E-state index contributed by atoms with van der Waals surface area (Å²) in [7, 11) is 1.79. The number of nitrogens with zero attached hydrogens (tertiary/aromatic N) is 2. The molecule has 1 atom stereocenters. The van der Waals surface area contributed by atoms with Crippen LogP contribution < -0.4 is 0 Å². The second-order valence-corrected chi connectivity index (χ2v) is 4.23. The van der Waals surface area contributed by atoms with Gasteiger partial charge in [-0.15, -0.1) is 0 Å². The fraction of sp³-hybridized carbons (Fsp3) is 0.455. The minimum absolute atomic E-state index is 0.0364. The molecule has 0 radical (unpaired) electrons. The Morgan fingerprint density at radius 1 is 1.60 bits per heavy atom. The van der Waals surface area contributed by atoms with Crippen molar-refractivity contribution in [3.63, 3.8) is 0 Å². The summed E-state index contributed by atoms with van der Waals surface area (Å²) in [5, 5.41) is 0.765. The molecule has 1 rings (SSSR count). The zero-order valence-corrected chi connectivity index (χ0v) is 10.8. The van der Waals surface area contributed by atoms with Gasteiger partial charge in [-0.1, -0.05) is 22.0 Å². The van der Waals surface area contributed by atoms with Crippen LogP contribution in [0.1, 0.15) is 23.1 Å². The Kier molecular flexibility index (Phi) is 4.27. The van der Waals surface area contributed by atoms with Crippen LogP contribution in [-0.4, -0.2) is 34.2 Å². The summed E-state index contributed by atoms with van der Waals surface area (Å²) in [6.07, 6.45) is 0. The third-order valence-electron chi connectivity index (χ3n) is 2.31. The predicted octanol–water partition coefficient (Wildman–Crippen LogP) is 2.25. The van der Waals surface area contributed by atoms with Crippen molar-refractivity contribution in [2.75, 3.05) is 12.4 Å². The largest absolute Gasteiger partial charge is 0.337 e. The first-order chi connectivity index (χ1) is 7.06. The van der Waals surface area contributed by atoms with Crippen molar-refractivity contribution in [1.29, 1.82) is 0 Å². The number of pyridine rings is 1. The Balaban J connectivity index is 2.85. The SMILES string of the molecule is Cc1cccc(C(=O)N(C)C(C)CBr)n1. The summed E-state index contributed by atoms with van der Waals surface area (Å²) in [4.78, 5) is 17.8. The molecule has 3 nitrogen and oxygen atoms in total. The molecule has 82 valence electrons. The molecule has 4 heteroatoms. The van der Waals surface area contributed by atoms with E-state index in [1.807, 2.05) is 26.0 Å². The van der Waals surface area contributed by atoms with Crippen LogP contribution >= 0.6 is 15.9 Å². The normalized spacial score (nSPS) is 12.3. The number of hydrogen-bond donors (Lipinski definition) is 0. The Morgan fingerprint density at radius 3 is 2.80 bits per heavy atom. The van der Waals surface area contributed by atoms with Gasteiger partial charge in [0.2, 0.25) is 0 Å². The average molecular weight is 271 g/mol. The molecule has 0 aliphatic heterocycles. The van der Waals surface area contributed by atoms with E-state index in [4.69, 9.17) is 0 Å². The van der Waals surface area contributed by atoms with E-state index in [1.54, 1.807) is 18.0 Å². The van der Waals surface area contributed by atoms with Crippen molar-refractivity contribution >= 4 is 21.8 Å². The van der Waals surface area contributed by atoms with E-state index in [2.05, 4.69) is 20.9 Å². The highest BCUT2D eigenvalue weighted by atomic mass is 79.9. The van der Waals surface area contributed by atoms with Gasteiger partial charge in [0.05, 0.1) is 0 Å². The molecule has 0 fully saturated rings. The predicted molar refractivity (Wildman–Crippen MR) is 64.3 cm³/mol. The van der Waals surface area contributed by atoms with Crippen molar-refractivity contribution in [3.8, 4) is 0 Å². The number of halogens is 1. The summed E-state index contributed by atoms with van der Waals surface area (Å²) >= 11 is 3.36. The van der Waals surface area contributed by atoms with E-state index in [0.717, 1.165) is 11.0 Å². The molecule has 0 aliphatic rings. The van der Waals surface area contributed by atoms with Gasteiger partial charge in [-0.25, -0.2) is 4.98 Å². The first kappa shape index (κ1) is 12.2. The van der Waals surface area contributed by atoms with Crippen LogP contribution in [0.3, 0.4) is 0 Å². The quantitative estimate of drug-likeness (QED) is 0.790. The van der Waals surface area contributed by atoms with Crippen molar-refractivity contribution in [1.82, 2.24) is 9.88 Å². The van der Waals surface area contributed by atoms with Crippen LogP contribution in [-0.2, 0) is 0 Å². The molecule has 1 aromatic rings. The fourth-order valence-corrected chi connectivity index (χ4v) is 1.58. The third-order valence-corrected chi connectivity index (χ3v) is 3.25. The highest BCUT2D eigenvalue weighted by Crippen LogP contribution is 2.06. The zero-order valence-electron chi connectivity index (χ0n) is 9.20. The summed E-state index contributed by atoms with van der Waals surface area (Å²) in [6.45, 7) is 3.87. The molecule has 0 N–H and O–H groups in total. The number of alkyl halides is 1. The van der Waals surface area contributed by atoms with E-state index in [1.165, 1.54) is 0 Å². The van der Waals surface area contributed by atoms with E-state index in [0.29, 0.717) is 5.69 Å². The second-order valence-electron chi connectivity index (χ2n) is 3.58. The minimum Gasteiger partial charge on any atom is -0.337 e. The maximum absolute atomic E-state index is 11.9. The first-order valence-electron chi connectivity index (χ1n) is 4.83. The highest BCUT2D eigenvalue weighted by Gasteiger charge is 2.17. The van der Waals surface area contributed by atoms with E-state index < -0.39 is 0 Å². The maximum Gasteiger partial charge on any atom is 0.272 e. The average Bonchev–Trinajstić information content (AvgIpc) is 2.26. The maximum atomic E-state index is 11.9. The third kappa shape index (κ3) is 3.02. The molecule has 0 spiro atoms. The molecule has 1 amide bonds. The lowest BCUT2D eigenvalue weighted by atomic mass is 10.2. The van der Waals surface area contributed by atoms with Crippen molar-refractivity contribution in [2.24, 2.45) is 0 Å². The van der Waals surface area contributed by atoms with Crippen molar-refractivity contribution < 1.29 is 4.79 Å². The number of aromatic nitrogens is 1. The smallest absolute Gasteiger partial charge is 0.272 e. The molecule has 15 heavy (non-hydrogen) atoms.